The molecule has 2 aromatic rings. The summed E-state index contributed by atoms with van der Waals surface area (Å²) in [6.07, 6.45) is 0. The maximum Gasteiger partial charge on any atom is 0.342 e. The van der Waals surface area contributed by atoms with Crippen molar-refractivity contribution in [3.63, 3.8) is 0 Å². The van der Waals surface area contributed by atoms with Gasteiger partial charge in [-0.1, -0.05) is 29.9 Å². The Hall–Kier alpha value is -1.72. The number of nitrogens with one attached hydrogen (secondary N) is 1. The second-order valence-corrected chi connectivity index (χ2v) is 5.16. The molecule has 1 N–H and O–H groups in total. The lowest BCUT2D eigenvalue weighted by Gasteiger charge is -2.10. The van der Waals surface area contributed by atoms with Gasteiger partial charge in [-0.25, -0.2) is 9.78 Å². The highest BCUT2D eigenvalue weighted by atomic mass is 35.5. The number of hydrogen-bond acceptors (Lipinski definition) is 4. The van der Waals surface area contributed by atoms with E-state index in [2.05, 4.69) is 9.97 Å². The number of H-pyrrole nitrogens is 1. The van der Waals surface area contributed by atoms with Gasteiger partial charge in [0.1, 0.15) is 16.0 Å². The van der Waals surface area contributed by atoms with E-state index in [1.807, 2.05) is 25.1 Å². The van der Waals surface area contributed by atoms with Crippen LogP contribution in [0.25, 0.3) is 11.4 Å². The minimum absolute atomic E-state index is 0.211. The number of aromatic nitrogens is 2. The SMILES string of the molecule is COC(=O)c1c(C)[nH]c(-c2cc(Cl)ccc2C)nc1=S. The van der Waals surface area contributed by atoms with Crippen molar-refractivity contribution in [1.82, 2.24) is 9.97 Å². The first-order valence-corrected chi connectivity index (χ1v) is 6.68. The third kappa shape index (κ3) is 2.73. The summed E-state index contributed by atoms with van der Waals surface area (Å²) in [6.45, 7) is 3.71. The number of esters is 1. The molecule has 0 bridgehead atoms. The van der Waals surface area contributed by atoms with Gasteiger partial charge in [0.2, 0.25) is 0 Å². The molecule has 0 radical (unpaired) electrons. The van der Waals surface area contributed by atoms with Gasteiger partial charge in [-0.2, -0.15) is 0 Å². The van der Waals surface area contributed by atoms with Crippen LogP contribution in [0.5, 0.6) is 0 Å². The summed E-state index contributed by atoms with van der Waals surface area (Å²) in [5, 5.41) is 0.612. The van der Waals surface area contributed by atoms with E-state index >= 15 is 0 Å². The number of methoxy groups -OCH3 is 1. The average molecular weight is 309 g/mol. The summed E-state index contributed by atoms with van der Waals surface area (Å²) < 4.78 is 4.91. The molecule has 1 aromatic carbocycles. The Morgan fingerprint density at radius 2 is 2.10 bits per heavy atom. The number of carbonyl (C=O) groups is 1. The Morgan fingerprint density at radius 3 is 2.70 bits per heavy atom. The van der Waals surface area contributed by atoms with Crippen molar-refractivity contribution in [2.24, 2.45) is 0 Å². The molecule has 104 valence electrons. The van der Waals surface area contributed by atoms with E-state index in [-0.39, 0.29) is 10.2 Å². The molecular weight excluding hydrogens is 296 g/mol. The number of rotatable bonds is 2. The van der Waals surface area contributed by atoms with Crippen molar-refractivity contribution in [3.8, 4) is 11.4 Å². The van der Waals surface area contributed by atoms with Gasteiger partial charge in [-0.3, -0.25) is 0 Å². The molecule has 0 aliphatic carbocycles. The molecule has 0 saturated heterocycles. The predicted molar refractivity (Wildman–Crippen MR) is 80.7 cm³/mol. The lowest BCUT2D eigenvalue weighted by atomic mass is 10.1. The Morgan fingerprint density at radius 1 is 1.40 bits per heavy atom. The van der Waals surface area contributed by atoms with Gasteiger partial charge < -0.3 is 9.72 Å². The molecule has 1 aromatic heterocycles. The van der Waals surface area contributed by atoms with Crippen LogP contribution in [0.1, 0.15) is 21.6 Å². The summed E-state index contributed by atoms with van der Waals surface area (Å²) in [5.74, 6) is 0.0887. The van der Waals surface area contributed by atoms with E-state index in [1.54, 1.807) is 6.92 Å². The fraction of sp³-hybridized carbons (Fsp3) is 0.214. The molecule has 0 spiro atoms. The third-order valence-electron chi connectivity index (χ3n) is 2.95. The largest absolute Gasteiger partial charge is 0.465 e. The molecule has 1 heterocycles. The van der Waals surface area contributed by atoms with Crippen LogP contribution in [0, 0.1) is 18.5 Å². The fourth-order valence-corrected chi connectivity index (χ4v) is 2.41. The zero-order valence-electron chi connectivity index (χ0n) is 11.3. The van der Waals surface area contributed by atoms with Crippen molar-refractivity contribution in [2.45, 2.75) is 13.8 Å². The number of nitrogens with zero attached hydrogens (tertiary/aromatic N) is 1. The highest BCUT2D eigenvalue weighted by Crippen LogP contribution is 2.24. The molecule has 4 nitrogen and oxygen atoms in total. The fourth-order valence-electron chi connectivity index (χ4n) is 1.91. The molecular formula is C14H13ClN2O2S. The molecule has 0 saturated carbocycles. The van der Waals surface area contributed by atoms with E-state index < -0.39 is 5.97 Å². The molecule has 6 heteroatoms. The average Bonchev–Trinajstić information content (AvgIpc) is 2.40. The van der Waals surface area contributed by atoms with Crippen LogP contribution in [0.4, 0.5) is 0 Å². The summed E-state index contributed by atoms with van der Waals surface area (Å²) >= 11 is 11.2. The van der Waals surface area contributed by atoms with Crippen LogP contribution in [-0.2, 0) is 4.74 Å². The topological polar surface area (TPSA) is 55.0 Å². The Labute approximate surface area is 126 Å². The quantitative estimate of drug-likeness (QED) is 0.676. The van der Waals surface area contributed by atoms with Crippen molar-refractivity contribution >= 4 is 29.8 Å². The number of carbonyl (C=O) groups excluding carboxylic acids is 1. The summed E-state index contributed by atoms with van der Waals surface area (Å²) in [5.41, 5.74) is 2.76. The molecule has 2 rings (SSSR count). The molecule has 0 fully saturated rings. The third-order valence-corrected chi connectivity index (χ3v) is 3.48. The van der Waals surface area contributed by atoms with Crippen LogP contribution >= 0.6 is 23.8 Å². The highest BCUT2D eigenvalue weighted by Gasteiger charge is 2.15. The van der Waals surface area contributed by atoms with Crippen LogP contribution in [0.15, 0.2) is 18.2 Å². The predicted octanol–water partition coefficient (Wildman–Crippen LogP) is 3.86. The van der Waals surface area contributed by atoms with Crippen LogP contribution in [-0.4, -0.2) is 23.0 Å². The summed E-state index contributed by atoms with van der Waals surface area (Å²) in [7, 11) is 1.31. The second-order valence-electron chi connectivity index (χ2n) is 4.34. The van der Waals surface area contributed by atoms with Gasteiger partial charge >= 0.3 is 5.97 Å². The normalized spacial score (nSPS) is 10.4. The second kappa shape index (κ2) is 5.73. The zero-order valence-corrected chi connectivity index (χ0v) is 12.9. The number of benzene rings is 1. The summed E-state index contributed by atoms with van der Waals surface area (Å²) in [6, 6.07) is 5.52. The first kappa shape index (κ1) is 14.7. The van der Waals surface area contributed by atoms with E-state index in [1.165, 1.54) is 7.11 Å². The van der Waals surface area contributed by atoms with Crippen molar-refractivity contribution in [3.05, 3.63) is 44.7 Å². The summed E-state index contributed by atoms with van der Waals surface area (Å²) in [4.78, 5) is 19.0. The van der Waals surface area contributed by atoms with Gasteiger partial charge in [0, 0.05) is 16.3 Å². The van der Waals surface area contributed by atoms with E-state index in [9.17, 15) is 4.79 Å². The Bertz CT molecular complexity index is 740. The molecule has 20 heavy (non-hydrogen) atoms. The first-order valence-electron chi connectivity index (χ1n) is 5.89. The smallest absolute Gasteiger partial charge is 0.342 e. The minimum Gasteiger partial charge on any atom is -0.465 e. The number of aryl methyl sites for hydroxylation is 2. The maximum absolute atomic E-state index is 11.7. The Kier molecular flexibility index (Phi) is 4.20. The van der Waals surface area contributed by atoms with E-state index in [4.69, 9.17) is 28.6 Å². The number of ether oxygens (including phenoxy) is 1. The minimum atomic E-state index is -0.495. The van der Waals surface area contributed by atoms with Gasteiger partial charge in [0.25, 0.3) is 0 Å². The number of aromatic amines is 1. The van der Waals surface area contributed by atoms with Crippen LogP contribution < -0.4 is 0 Å². The number of halogens is 1. The number of hydrogen-bond donors (Lipinski definition) is 1. The van der Waals surface area contributed by atoms with Crippen LogP contribution in [0.2, 0.25) is 5.02 Å². The molecule has 0 atom stereocenters. The van der Waals surface area contributed by atoms with Gasteiger partial charge in [0.05, 0.1) is 7.11 Å². The van der Waals surface area contributed by atoms with E-state index in [0.717, 1.165) is 11.1 Å². The van der Waals surface area contributed by atoms with Gasteiger partial charge in [0.15, 0.2) is 0 Å². The lowest BCUT2D eigenvalue weighted by molar-refractivity contribution is 0.0598. The maximum atomic E-state index is 11.7. The molecule has 0 unspecified atom stereocenters. The first-order chi connectivity index (χ1) is 9.43. The standard InChI is InChI=1S/C14H13ClN2O2S/c1-7-4-5-9(15)6-10(7)12-16-8(2)11(13(20)17-12)14(18)19-3/h4-6H,1-3H3,(H,16,17,20). The van der Waals surface area contributed by atoms with Gasteiger partial charge in [-0.15, -0.1) is 0 Å². The molecule has 0 aliphatic heterocycles. The van der Waals surface area contributed by atoms with Crippen molar-refractivity contribution < 1.29 is 9.53 Å². The monoisotopic (exact) mass is 308 g/mol. The van der Waals surface area contributed by atoms with Gasteiger partial charge in [-0.05, 0) is 31.5 Å². The van der Waals surface area contributed by atoms with Crippen molar-refractivity contribution in [2.75, 3.05) is 7.11 Å². The highest BCUT2D eigenvalue weighted by molar-refractivity contribution is 7.71. The lowest BCUT2D eigenvalue weighted by Crippen LogP contribution is -2.09. The van der Waals surface area contributed by atoms with E-state index in [0.29, 0.717) is 16.5 Å². The van der Waals surface area contributed by atoms with Crippen molar-refractivity contribution in [1.29, 1.82) is 0 Å². The molecule has 0 amide bonds. The molecule has 0 aliphatic rings. The zero-order chi connectivity index (χ0) is 14.9. The van der Waals surface area contributed by atoms with Crippen LogP contribution in [0.3, 0.4) is 0 Å². The Balaban J connectivity index is 2.64.